The maximum absolute atomic E-state index is 12.5. The maximum Gasteiger partial charge on any atom is 0.250 e. The average Bonchev–Trinajstić information content (AvgIpc) is 3.21. The third-order valence-electron chi connectivity index (χ3n) is 6.03. The summed E-state index contributed by atoms with van der Waals surface area (Å²) < 4.78 is 31.4. The number of H-pyrrole nitrogens is 1. The Hall–Kier alpha value is -2.68. The van der Waals surface area contributed by atoms with Crippen LogP contribution in [0.3, 0.4) is 0 Å². The number of ether oxygens (including phenoxy) is 1. The summed E-state index contributed by atoms with van der Waals surface area (Å²) in [6, 6.07) is 13.8. The highest BCUT2D eigenvalue weighted by Crippen LogP contribution is 2.37. The number of nitrogens with one attached hydrogen (secondary N) is 1. The van der Waals surface area contributed by atoms with Gasteiger partial charge in [-0.1, -0.05) is 30.3 Å². The molecule has 0 unspecified atom stereocenters. The Balaban J connectivity index is 1.65. The van der Waals surface area contributed by atoms with Crippen LogP contribution in [0, 0.1) is 0 Å². The Bertz CT molecular complexity index is 1180. The molecule has 1 saturated heterocycles. The van der Waals surface area contributed by atoms with Gasteiger partial charge in [0.2, 0.25) is 10.0 Å². The number of carbonyl (C=O) groups excluding carboxylic acids is 1. The van der Waals surface area contributed by atoms with E-state index in [9.17, 15) is 13.2 Å². The Labute approximate surface area is 182 Å². The molecule has 2 heterocycles. The quantitative estimate of drug-likeness (QED) is 0.588. The fourth-order valence-corrected chi connectivity index (χ4v) is 5.75. The lowest BCUT2D eigenvalue weighted by molar-refractivity contribution is 0.100. The van der Waals surface area contributed by atoms with Crippen molar-refractivity contribution in [2.45, 2.75) is 18.8 Å². The second-order valence-electron chi connectivity index (χ2n) is 7.90. The molecular formula is C23H27N3O4S. The molecule has 0 atom stereocenters. The molecule has 3 N–H and O–H groups in total. The summed E-state index contributed by atoms with van der Waals surface area (Å²) in [6.45, 7) is 1.15. The van der Waals surface area contributed by atoms with E-state index in [-0.39, 0.29) is 18.3 Å². The van der Waals surface area contributed by atoms with Gasteiger partial charge >= 0.3 is 0 Å². The SMILES string of the molecule is COCCS(=O)(=O)N1CCC(c2c[nH]c3c(C(N)=O)cc(-c4ccccc4)cc23)CC1. The van der Waals surface area contributed by atoms with E-state index < -0.39 is 15.9 Å². The van der Waals surface area contributed by atoms with Gasteiger partial charge in [0.05, 0.1) is 23.4 Å². The molecule has 1 amide bonds. The van der Waals surface area contributed by atoms with Crippen molar-refractivity contribution in [2.75, 3.05) is 32.6 Å². The highest BCUT2D eigenvalue weighted by Gasteiger charge is 2.30. The van der Waals surface area contributed by atoms with E-state index in [1.54, 1.807) is 4.31 Å². The molecule has 0 aliphatic carbocycles. The minimum absolute atomic E-state index is 0.00363. The number of primary amides is 1. The van der Waals surface area contributed by atoms with Crippen molar-refractivity contribution in [2.24, 2.45) is 5.73 Å². The number of hydrogen-bond donors (Lipinski definition) is 2. The molecule has 1 aliphatic rings. The predicted molar refractivity (Wildman–Crippen MR) is 121 cm³/mol. The molecule has 2 aromatic carbocycles. The van der Waals surface area contributed by atoms with Crippen LogP contribution in [0.5, 0.6) is 0 Å². The van der Waals surface area contributed by atoms with Gasteiger partial charge in [-0.25, -0.2) is 12.7 Å². The first-order valence-corrected chi connectivity index (χ1v) is 12.0. The number of aromatic nitrogens is 1. The van der Waals surface area contributed by atoms with Crippen LogP contribution in [0.1, 0.15) is 34.7 Å². The first-order valence-electron chi connectivity index (χ1n) is 10.4. The molecule has 4 rings (SSSR count). The van der Waals surface area contributed by atoms with E-state index in [0.29, 0.717) is 18.7 Å². The molecule has 3 aromatic rings. The molecule has 1 fully saturated rings. The third-order valence-corrected chi connectivity index (χ3v) is 7.86. The zero-order chi connectivity index (χ0) is 22.0. The van der Waals surface area contributed by atoms with Crippen molar-refractivity contribution >= 4 is 26.8 Å². The normalized spacial score (nSPS) is 16.0. The number of nitrogens with two attached hydrogens (primary N) is 1. The first kappa shape index (κ1) is 21.5. The number of fused-ring (bicyclic) bond motifs is 1. The van der Waals surface area contributed by atoms with Gasteiger partial charge in [0.15, 0.2) is 0 Å². The van der Waals surface area contributed by atoms with Gasteiger partial charge in [-0.2, -0.15) is 0 Å². The van der Waals surface area contributed by atoms with Crippen LogP contribution in [0.15, 0.2) is 48.7 Å². The molecule has 7 nitrogen and oxygen atoms in total. The van der Waals surface area contributed by atoms with Crippen LogP contribution in [0.2, 0.25) is 0 Å². The zero-order valence-electron chi connectivity index (χ0n) is 17.5. The summed E-state index contributed by atoms with van der Waals surface area (Å²) in [4.78, 5) is 15.4. The van der Waals surface area contributed by atoms with Gasteiger partial charge in [-0.15, -0.1) is 0 Å². The van der Waals surface area contributed by atoms with Crippen molar-refractivity contribution in [1.29, 1.82) is 0 Å². The maximum atomic E-state index is 12.5. The smallest absolute Gasteiger partial charge is 0.250 e. The van der Waals surface area contributed by atoms with E-state index in [2.05, 4.69) is 11.1 Å². The van der Waals surface area contributed by atoms with Crippen LogP contribution in [-0.4, -0.2) is 56.2 Å². The van der Waals surface area contributed by atoms with Gasteiger partial charge < -0.3 is 15.5 Å². The molecule has 164 valence electrons. The molecule has 0 bridgehead atoms. The summed E-state index contributed by atoms with van der Waals surface area (Å²) in [6.07, 6.45) is 3.38. The number of sulfonamides is 1. The van der Waals surface area contributed by atoms with E-state index >= 15 is 0 Å². The molecule has 1 aromatic heterocycles. The van der Waals surface area contributed by atoms with Gasteiger partial charge in [0, 0.05) is 31.8 Å². The van der Waals surface area contributed by atoms with Crippen molar-refractivity contribution < 1.29 is 17.9 Å². The summed E-state index contributed by atoms with van der Waals surface area (Å²) in [5.41, 5.74) is 9.92. The molecule has 31 heavy (non-hydrogen) atoms. The molecular weight excluding hydrogens is 414 g/mol. The monoisotopic (exact) mass is 441 g/mol. The minimum atomic E-state index is -3.30. The number of benzene rings is 2. The average molecular weight is 442 g/mol. The van der Waals surface area contributed by atoms with Crippen LogP contribution in [0.25, 0.3) is 22.0 Å². The number of aromatic amines is 1. The number of carbonyl (C=O) groups is 1. The molecule has 8 heteroatoms. The van der Waals surface area contributed by atoms with Crippen LogP contribution < -0.4 is 5.73 Å². The van der Waals surface area contributed by atoms with Crippen molar-refractivity contribution in [3.63, 3.8) is 0 Å². The van der Waals surface area contributed by atoms with Gasteiger partial charge in [0.25, 0.3) is 5.91 Å². The largest absolute Gasteiger partial charge is 0.384 e. The summed E-state index contributed by atoms with van der Waals surface area (Å²) in [7, 11) is -1.80. The summed E-state index contributed by atoms with van der Waals surface area (Å²) in [5.74, 6) is -0.270. The highest BCUT2D eigenvalue weighted by molar-refractivity contribution is 7.89. The Morgan fingerprint density at radius 1 is 1.16 bits per heavy atom. The minimum Gasteiger partial charge on any atom is -0.384 e. The predicted octanol–water partition coefficient (Wildman–Crippen LogP) is 3.09. The van der Waals surface area contributed by atoms with E-state index in [4.69, 9.17) is 10.5 Å². The lowest BCUT2D eigenvalue weighted by Crippen LogP contribution is -2.39. The second kappa shape index (κ2) is 8.82. The van der Waals surface area contributed by atoms with Crippen molar-refractivity contribution in [3.05, 3.63) is 59.8 Å². The number of amides is 1. The van der Waals surface area contributed by atoms with Gasteiger partial charge in [-0.05, 0) is 47.6 Å². The molecule has 1 aliphatic heterocycles. The fraction of sp³-hybridized carbons (Fsp3) is 0.348. The van der Waals surface area contributed by atoms with Crippen LogP contribution in [-0.2, 0) is 14.8 Å². The van der Waals surface area contributed by atoms with Crippen molar-refractivity contribution in [1.82, 2.24) is 9.29 Å². The van der Waals surface area contributed by atoms with E-state index in [1.807, 2.05) is 42.6 Å². The van der Waals surface area contributed by atoms with Gasteiger partial charge in [-0.3, -0.25) is 4.79 Å². The first-order chi connectivity index (χ1) is 14.9. The lowest BCUT2D eigenvalue weighted by atomic mass is 9.88. The van der Waals surface area contributed by atoms with Crippen LogP contribution >= 0.6 is 0 Å². The number of piperidine rings is 1. The second-order valence-corrected chi connectivity index (χ2v) is 9.99. The number of methoxy groups -OCH3 is 1. The molecule has 0 radical (unpaired) electrons. The van der Waals surface area contributed by atoms with Crippen molar-refractivity contribution in [3.8, 4) is 11.1 Å². The number of nitrogens with zero attached hydrogens (tertiary/aromatic N) is 1. The number of rotatable bonds is 7. The summed E-state index contributed by atoms with van der Waals surface area (Å²) >= 11 is 0. The topological polar surface area (TPSA) is 105 Å². The lowest BCUT2D eigenvalue weighted by Gasteiger charge is -2.31. The highest BCUT2D eigenvalue weighted by atomic mass is 32.2. The number of hydrogen-bond acceptors (Lipinski definition) is 4. The van der Waals surface area contributed by atoms with E-state index in [1.165, 1.54) is 7.11 Å². The Kier molecular flexibility index (Phi) is 6.13. The molecule has 0 spiro atoms. The summed E-state index contributed by atoms with van der Waals surface area (Å²) in [5, 5.41) is 0.968. The zero-order valence-corrected chi connectivity index (χ0v) is 18.3. The third kappa shape index (κ3) is 4.37. The van der Waals surface area contributed by atoms with Gasteiger partial charge in [0.1, 0.15) is 0 Å². The van der Waals surface area contributed by atoms with Crippen LogP contribution in [0.4, 0.5) is 0 Å². The Morgan fingerprint density at radius 3 is 2.52 bits per heavy atom. The Morgan fingerprint density at radius 2 is 1.87 bits per heavy atom. The fourth-order valence-electron chi connectivity index (χ4n) is 4.35. The van der Waals surface area contributed by atoms with E-state index in [0.717, 1.165) is 40.4 Å². The standard InChI is InChI=1S/C23H27N3O4S/c1-30-11-12-31(28,29)26-9-7-17(8-10-26)21-15-25-22-19(21)13-18(14-20(22)23(24)27)16-5-3-2-4-6-16/h2-6,13-15,17,25H,7-12H2,1H3,(H2,24,27). The molecule has 0 saturated carbocycles.